The number of aliphatic imine (C=N–C) groups is 1. The second-order valence-electron chi connectivity index (χ2n) is 5.12. The highest BCUT2D eigenvalue weighted by Gasteiger charge is 2.20. The van der Waals surface area contributed by atoms with Crippen molar-refractivity contribution in [3.05, 3.63) is 34.5 Å². The zero-order valence-corrected chi connectivity index (χ0v) is 12.3. The highest BCUT2D eigenvalue weighted by molar-refractivity contribution is 8.18. The molecule has 2 aliphatic rings. The van der Waals surface area contributed by atoms with Crippen LogP contribution in [0.2, 0.25) is 0 Å². The Balaban J connectivity index is 1.82. The maximum atomic E-state index is 14.2. The number of carbonyl (C=O) groups excluding carboxylic acids is 1. The standard InChI is InChI=1S/C15H16FN3OS/c16-12-9-11(19-6-2-1-3-7-19)5-4-10(12)8-13-14(20)18-15(17)21-13/h4-5,8-9H,1-3,6-7H2,(H2,17,18,20). The second kappa shape index (κ2) is 5.89. The summed E-state index contributed by atoms with van der Waals surface area (Å²) in [6, 6.07) is 5.13. The first-order chi connectivity index (χ1) is 10.1. The van der Waals surface area contributed by atoms with Gasteiger partial charge in [-0.05, 0) is 55.3 Å². The average Bonchev–Trinajstić information content (AvgIpc) is 2.80. The van der Waals surface area contributed by atoms with Crippen LogP contribution in [0.4, 0.5) is 10.1 Å². The molecular formula is C15H16FN3OS. The van der Waals surface area contributed by atoms with Crippen LogP contribution in [0, 0.1) is 5.82 Å². The highest BCUT2D eigenvalue weighted by atomic mass is 32.2. The molecule has 1 aromatic carbocycles. The minimum atomic E-state index is -0.406. The number of nitrogens with zero attached hydrogens (tertiary/aromatic N) is 2. The van der Waals surface area contributed by atoms with E-state index in [1.807, 2.05) is 6.07 Å². The van der Waals surface area contributed by atoms with Crippen LogP contribution in [-0.2, 0) is 4.79 Å². The van der Waals surface area contributed by atoms with Gasteiger partial charge in [-0.3, -0.25) is 4.79 Å². The molecule has 6 heteroatoms. The molecule has 21 heavy (non-hydrogen) atoms. The number of nitrogens with two attached hydrogens (primary N) is 1. The number of thioether (sulfide) groups is 1. The molecule has 0 aliphatic carbocycles. The number of amidine groups is 1. The molecule has 1 fully saturated rings. The minimum Gasteiger partial charge on any atom is -0.378 e. The Labute approximate surface area is 126 Å². The average molecular weight is 305 g/mol. The van der Waals surface area contributed by atoms with Gasteiger partial charge in [-0.2, -0.15) is 4.99 Å². The first-order valence-corrected chi connectivity index (χ1v) is 7.78. The van der Waals surface area contributed by atoms with Gasteiger partial charge in [0, 0.05) is 24.3 Å². The number of hydrogen-bond donors (Lipinski definition) is 1. The summed E-state index contributed by atoms with van der Waals surface area (Å²) in [6.45, 7) is 1.94. The summed E-state index contributed by atoms with van der Waals surface area (Å²) < 4.78 is 14.2. The van der Waals surface area contributed by atoms with Crippen LogP contribution in [0.3, 0.4) is 0 Å². The van der Waals surface area contributed by atoms with Crippen LogP contribution < -0.4 is 10.6 Å². The SMILES string of the molecule is NC1=NC(=O)C(=Cc2ccc(N3CCCCC3)cc2F)S1. The Kier molecular flexibility index (Phi) is 3.96. The molecule has 0 spiro atoms. The van der Waals surface area contributed by atoms with Crippen molar-refractivity contribution in [3.8, 4) is 0 Å². The molecule has 1 amide bonds. The number of piperidine rings is 1. The van der Waals surface area contributed by atoms with Gasteiger partial charge in [-0.15, -0.1) is 0 Å². The third kappa shape index (κ3) is 3.10. The van der Waals surface area contributed by atoms with Crippen molar-refractivity contribution < 1.29 is 9.18 Å². The fraction of sp³-hybridized carbons (Fsp3) is 0.333. The number of benzene rings is 1. The summed E-state index contributed by atoms with van der Waals surface area (Å²) in [5, 5.41) is 0.205. The number of carbonyl (C=O) groups is 1. The van der Waals surface area contributed by atoms with Crippen molar-refractivity contribution in [1.29, 1.82) is 0 Å². The van der Waals surface area contributed by atoms with E-state index < -0.39 is 5.91 Å². The van der Waals surface area contributed by atoms with E-state index >= 15 is 0 Å². The van der Waals surface area contributed by atoms with E-state index in [4.69, 9.17) is 5.73 Å². The summed E-state index contributed by atoms with van der Waals surface area (Å²) in [6.07, 6.45) is 5.04. The number of amides is 1. The Morgan fingerprint density at radius 1 is 1.29 bits per heavy atom. The lowest BCUT2D eigenvalue weighted by molar-refractivity contribution is -0.113. The lowest BCUT2D eigenvalue weighted by Gasteiger charge is -2.28. The molecule has 1 aromatic rings. The van der Waals surface area contributed by atoms with E-state index in [9.17, 15) is 9.18 Å². The molecule has 0 atom stereocenters. The molecule has 4 nitrogen and oxygen atoms in total. The van der Waals surface area contributed by atoms with Gasteiger partial charge in [0.2, 0.25) is 0 Å². The predicted octanol–water partition coefficient (Wildman–Crippen LogP) is 2.75. The van der Waals surface area contributed by atoms with E-state index in [0.29, 0.717) is 10.5 Å². The Morgan fingerprint density at radius 2 is 2.05 bits per heavy atom. The monoisotopic (exact) mass is 305 g/mol. The normalized spacial score (nSPS) is 21.0. The van der Waals surface area contributed by atoms with Gasteiger partial charge in [0.1, 0.15) is 5.82 Å². The van der Waals surface area contributed by atoms with Gasteiger partial charge in [-0.1, -0.05) is 0 Å². The van der Waals surface area contributed by atoms with E-state index in [-0.39, 0.29) is 11.0 Å². The molecule has 3 rings (SSSR count). The lowest BCUT2D eigenvalue weighted by Crippen LogP contribution is -2.29. The summed E-state index contributed by atoms with van der Waals surface area (Å²) >= 11 is 1.07. The quantitative estimate of drug-likeness (QED) is 0.854. The molecule has 0 radical (unpaired) electrons. The van der Waals surface area contributed by atoms with Gasteiger partial charge in [0.15, 0.2) is 5.17 Å². The zero-order chi connectivity index (χ0) is 14.8. The summed E-state index contributed by atoms with van der Waals surface area (Å²) in [5.74, 6) is -0.735. The van der Waals surface area contributed by atoms with Gasteiger partial charge < -0.3 is 10.6 Å². The first kappa shape index (κ1) is 14.1. The van der Waals surface area contributed by atoms with E-state index in [1.165, 1.54) is 18.6 Å². The fourth-order valence-electron chi connectivity index (χ4n) is 2.55. The van der Waals surface area contributed by atoms with Crippen molar-refractivity contribution in [2.24, 2.45) is 10.7 Å². The smallest absolute Gasteiger partial charge is 0.286 e. The van der Waals surface area contributed by atoms with Crippen LogP contribution in [0.25, 0.3) is 6.08 Å². The molecule has 2 N–H and O–H groups in total. The Morgan fingerprint density at radius 3 is 2.67 bits per heavy atom. The first-order valence-electron chi connectivity index (χ1n) is 6.96. The van der Waals surface area contributed by atoms with Gasteiger partial charge in [0.25, 0.3) is 5.91 Å². The minimum absolute atomic E-state index is 0.205. The van der Waals surface area contributed by atoms with E-state index in [0.717, 1.165) is 43.4 Å². The van der Waals surface area contributed by atoms with Crippen LogP contribution in [0.15, 0.2) is 28.1 Å². The maximum Gasteiger partial charge on any atom is 0.286 e. The van der Waals surface area contributed by atoms with Gasteiger partial charge in [0.05, 0.1) is 4.91 Å². The van der Waals surface area contributed by atoms with E-state index in [2.05, 4.69) is 9.89 Å². The molecular weight excluding hydrogens is 289 g/mol. The highest BCUT2D eigenvalue weighted by Crippen LogP contribution is 2.29. The lowest BCUT2D eigenvalue weighted by atomic mass is 10.1. The molecule has 0 saturated carbocycles. The second-order valence-corrected chi connectivity index (χ2v) is 6.18. The molecule has 2 aliphatic heterocycles. The van der Waals surface area contributed by atoms with Gasteiger partial charge >= 0.3 is 0 Å². The van der Waals surface area contributed by atoms with Gasteiger partial charge in [-0.25, -0.2) is 4.39 Å². The van der Waals surface area contributed by atoms with Crippen molar-refractivity contribution in [1.82, 2.24) is 0 Å². The molecule has 0 bridgehead atoms. The maximum absolute atomic E-state index is 14.2. The van der Waals surface area contributed by atoms with Crippen molar-refractivity contribution in [3.63, 3.8) is 0 Å². The number of rotatable bonds is 2. The number of hydrogen-bond acceptors (Lipinski definition) is 4. The summed E-state index contributed by atoms with van der Waals surface area (Å²) in [7, 11) is 0. The summed E-state index contributed by atoms with van der Waals surface area (Å²) in [4.78, 5) is 17.7. The fourth-order valence-corrected chi connectivity index (χ4v) is 3.22. The topological polar surface area (TPSA) is 58.7 Å². The third-order valence-corrected chi connectivity index (χ3v) is 4.44. The van der Waals surface area contributed by atoms with Crippen LogP contribution in [0.1, 0.15) is 24.8 Å². The molecule has 0 unspecified atom stereocenters. The number of halogens is 1. The largest absolute Gasteiger partial charge is 0.378 e. The van der Waals surface area contributed by atoms with Crippen molar-refractivity contribution in [2.75, 3.05) is 18.0 Å². The predicted molar refractivity (Wildman–Crippen MR) is 84.7 cm³/mol. The van der Waals surface area contributed by atoms with Crippen LogP contribution in [-0.4, -0.2) is 24.2 Å². The zero-order valence-electron chi connectivity index (χ0n) is 11.5. The Hall–Kier alpha value is -1.82. The third-order valence-electron chi connectivity index (χ3n) is 3.63. The molecule has 0 aromatic heterocycles. The van der Waals surface area contributed by atoms with Crippen LogP contribution in [0.5, 0.6) is 0 Å². The molecule has 1 saturated heterocycles. The summed E-state index contributed by atoms with van der Waals surface area (Å²) in [5.41, 5.74) is 6.76. The molecule has 110 valence electrons. The van der Waals surface area contributed by atoms with E-state index in [1.54, 1.807) is 6.07 Å². The van der Waals surface area contributed by atoms with Crippen LogP contribution >= 0.6 is 11.8 Å². The number of anilines is 1. The molecule has 2 heterocycles. The van der Waals surface area contributed by atoms with Crippen molar-refractivity contribution >= 4 is 34.6 Å². The van der Waals surface area contributed by atoms with Crippen molar-refractivity contribution in [2.45, 2.75) is 19.3 Å². The Bertz CT molecular complexity index is 636.